The van der Waals surface area contributed by atoms with E-state index < -0.39 is 6.04 Å². The molecule has 5 heteroatoms. The van der Waals surface area contributed by atoms with Crippen LogP contribution in [-0.4, -0.2) is 30.7 Å². The molecular formula is C13H25ClN2O2. The summed E-state index contributed by atoms with van der Waals surface area (Å²) < 4.78 is 5.81. The molecule has 0 aliphatic heterocycles. The molecular weight excluding hydrogens is 252 g/mol. The van der Waals surface area contributed by atoms with Crippen molar-refractivity contribution in [2.24, 2.45) is 11.1 Å². The van der Waals surface area contributed by atoms with Crippen LogP contribution >= 0.6 is 12.4 Å². The summed E-state index contributed by atoms with van der Waals surface area (Å²) in [6.07, 6.45) is 6.17. The van der Waals surface area contributed by atoms with Crippen molar-refractivity contribution < 1.29 is 9.53 Å². The van der Waals surface area contributed by atoms with E-state index in [4.69, 9.17) is 10.5 Å². The van der Waals surface area contributed by atoms with Gasteiger partial charge >= 0.3 is 0 Å². The molecule has 106 valence electrons. The lowest BCUT2D eigenvalue weighted by atomic mass is 9.60. The maximum Gasteiger partial charge on any atom is 0.236 e. The zero-order valence-electron chi connectivity index (χ0n) is 11.3. The quantitative estimate of drug-likeness (QED) is 0.820. The number of hydrogen-bond acceptors (Lipinski definition) is 3. The Kier molecular flexibility index (Phi) is 5.44. The van der Waals surface area contributed by atoms with Crippen LogP contribution in [0.3, 0.4) is 0 Å². The van der Waals surface area contributed by atoms with Gasteiger partial charge in [0.25, 0.3) is 0 Å². The van der Waals surface area contributed by atoms with Crippen LogP contribution in [0.4, 0.5) is 0 Å². The van der Waals surface area contributed by atoms with Crippen LogP contribution in [0.2, 0.25) is 0 Å². The van der Waals surface area contributed by atoms with E-state index in [2.05, 4.69) is 5.32 Å². The Morgan fingerprint density at radius 2 is 2.11 bits per heavy atom. The van der Waals surface area contributed by atoms with Crippen molar-refractivity contribution in [2.45, 2.75) is 64.1 Å². The molecule has 0 aromatic carbocycles. The van der Waals surface area contributed by atoms with Gasteiger partial charge in [-0.05, 0) is 33.1 Å². The number of hydrogen-bond donors (Lipinski definition) is 2. The number of carbonyl (C=O) groups excluding carboxylic acids is 1. The summed E-state index contributed by atoms with van der Waals surface area (Å²) in [6.45, 7) is 4.53. The first-order valence-electron chi connectivity index (χ1n) is 6.77. The predicted octanol–water partition coefficient (Wildman–Crippen LogP) is 1.61. The Balaban J connectivity index is 0.00000162. The molecule has 0 bridgehead atoms. The first kappa shape index (κ1) is 15.7. The van der Waals surface area contributed by atoms with Gasteiger partial charge in [0.15, 0.2) is 0 Å². The second kappa shape index (κ2) is 6.22. The summed E-state index contributed by atoms with van der Waals surface area (Å²) in [5.41, 5.74) is 5.81. The summed E-state index contributed by atoms with van der Waals surface area (Å²) >= 11 is 0. The molecule has 2 rings (SSSR count). The molecule has 2 aliphatic carbocycles. The van der Waals surface area contributed by atoms with Crippen LogP contribution in [0.25, 0.3) is 0 Å². The zero-order valence-corrected chi connectivity index (χ0v) is 12.1. The van der Waals surface area contributed by atoms with Crippen LogP contribution in [0.1, 0.15) is 46.0 Å². The molecule has 0 aromatic rings. The van der Waals surface area contributed by atoms with Crippen LogP contribution in [-0.2, 0) is 9.53 Å². The molecule has 0 saturated heterocycles. The third kappa shape index (κ3) is 2.65. The summed E-state index contributed by atoms with van der Waals surface area (Å²) in [6, 6.07) is -0.139. The van der Waals surface area contributed by atoms with Gasteiger partial charge in [-0.3, -0.25) is 4.79 Å². The maximum absolute atomic E-state index is 11.7. The van der Waals surface area contributed by atoms with E-state index in [1.165, 1.54) is 25.7 Å². The van der Waals surface area contributed by atoms with E-state index in [-0.39, 0.29) is 29.8 Å². The van der Waals surface area contributed by atoms with Gasteiger partial charge in [-0.2, -0.15) is 0 Å². The normalized spacial score (nSPS) is 30.4. The number of carbonyl (C=O) groups is 1. The smallest absolute Gasteiger partial charge is 0.236 e. The Morgan fingerprint density at radius 1 is 1.50 bits per heavy atom. The Morgan fingerprint density at radius 3 is 2.61 bits per heavy atom. The summed E-state index contributed by atoms with van der Waals surface area (Å²) in [5.74, 6) is -0.0313. The Bertz CT molecular complexity index is 291. The van der Waals surface area contributed by atoms with Gasteiger partial charge in [-0.1, -0.05) is 12.8 Å². The van der Waals surface area contributed by atoms with Gasteiger partial charge in [0.2, 0.25) is 5.91 Å². The largest absolute Gasteiger partial charge is 0.378 e. The fourth-order valence-corrected chi connectivity index (χ4v) is 3.39. The highest BCUT2D eigenvalue weighted by atomic mass is 35.5. The van der Waals surface area contributed by atoms with Crippen LogP contribution < -0.4 is 11.1 Å². The van der Waals surface area contributed by atoms with E-state index in [1.807, 2.05) is 6.92 Å². The number of rotatable bonds is 4. The van der Waals surface area contributed by atoms with Crippen LogP contribution in [0, 0.1) is 5.41 Å². The molecule has 3 N–H and O–H groups in total. The molecule has 0 radical (unpaired) electrons. The highest BCUT2D eigenvalue weighted by Crippen LogP contribution is 2.54. The summed E-state index contributed by atoms with van der Waals surface area (Å²) in [7, 11) is 0. The molecule has 1 spiro atoms. The van der Waals surface area contributed by atoms with Crippen molar-refractivity contribution in [1.82, 2.24) is 5.32 Å². The van der Waals surface area contributed by atoms with Crippen molar-refractivity contribution in [2.75, 3.05) is 6.61 Å². The van der Waals surface area contributed by atoms with Gasteiger partial charge in [0.05, 0.1) is 12.1 Å². The highest BCUT2D eigenvalue weighted by Gasteiger charge is 2.57. The fourth-order valence-electron chi connectivity index (χ4n) is 3.39. The topological polar surface area (TPSA) is 64.3 Å². The van der Waals surface area contributed by atoms with E-state index in [1.54, 1.807) is 6.92 Å². The van der Waals surface area contributed by atoms with E-state index >= 15 is 0 Å². The molecule has 2 aliphatic rings. The number of nitrogens with one attached hydrogen (secondary N) is 1. The molecule has 2 fully saturated rings. The minimum Gasteiger partial charge on any atom is -0.378 e. The fraction of sp³-hybridized carbons (Fsp3) is 0.923. The molecule has 2 unspecified atom stereocenters. The average Bonchev–Trinajstić information content (AvgIpc) is 2.79. The van der Waals surface area contributed by atoms with E-state index in [9.17, 15) is 4.79 Å². The maximum atomic E-state index is 11.7. The van der Waals surface area contributed by atoms with Gasteiger partial charge in [0.1, 0.15) is 0 Å². The lowest BCUT2D eigenvalue weighted by Crippen LogP contribution is -2.65. The predicted molar refractivity (Wildman–Crippen MR) is 73.8 cm³/mol. The van der Waals surface area contributed by atoms with Crippen molar-refractivity contribution in [3.05, 3.63) is 0 Å². The van der Waals surface area contributed by atoms with Gasteiger partial charge in [-0.25, -0.2) is 0 Å². The summed E-state index contributed by atoms with van der Waals surface area (Å²) in [4.78, 5) is 11.7. The molecule has 18 heavy (non-hydrogen) atoms. The molecule has 4 nitrogen and oxygen atoms in total. The van der Waals surface area contributed by atoms with Gasteiger partial charge in [-0.15, -0.1) is 12.4 Å². The van der Waals surface area contributed by atoms with Crippen LogP contribution in [0.15, 0.2) is 0 Å². The molecule has 0 heterocycles. The van der Waals surface area contributed by atoms with E-state index in [0.29, 0.717) is 6.10 Å². The molecule has 1 amide bonds. The minimum atomic E-state index is -0.417. The van der Waals surface area contributed by atoms with E-state index in [0.717, 1.165) is 13.0 Å². The molecule has 0 aromatic heterocycles. The second-order valence-corrected chi connectivity index (χ2v) is 5.47. The highest BCUT2D eigenvalue weighted by molar-refractivity contribution is 5.85. The van der Waals surface area contributed by atoms with Crippen molar-refractivity contribution in [3.8, 4) is 0 Å². The lowest BCUT2D eigenvalue weighted by molar-refractivity contribution is -0.144. The molecule has 3 atom stereocenters. The lowest BCUT2D eigenvalue weighted by Gasteiger charge is -2.54. The Labute approximate surface area is 115 Å². The first-order valence-corrected chi connectivity index (χ1v) is 6.77. The first-order chi connectivity index (χ1) is 8.10. The Hall–Kier alpha value is -0.320. The standard InChI is InChI=1S/C13H24N2O2.ClH/c1-3-17-11-8-10(15-12(16)9(2)14)13(11)6-4-5-7-13;/h9-11H,3-8,14H2,1-2H3,(H,15,16);1H/t9-,10?,11?;/m1./s1. The monoisotopic (exact) mass is 276 g/mol. The number of nitrogens with two attached hydrogens (primary N) is 1. The van der Waals surface area contributed by atoms with Gasteiger partial charge in [0, 0.05) is 18.1 Å². The SMILES string of the molecule is CCOC1CC(NC(=O)[C@@H](C)N)C12CCCC2.Cl. The number of amides is 1. The average molecular weight is 277 g/mol. The third-order valence-corrected chi connectivity index (χ3v) is 4.42. The van der Waals surface area contributed by atoms with Crippen molar-refractivity contribution >= 4 is 18.3 Å². The van der Waals surface area contributed by atoms with Crippen molar-refractivity contribution in [1.29, 1.82) is 0 Å². The minimum absolute atomic E-state index is 0. The third-order valence-electron chi connectivity index (χ3n) is 4.42. The zero-order chi connectivity index (χ0) is 12.5. The second-order valence-electron chi connectivity index (χ2n) is 5.47. The van der Waals surface area contributed by atoms with Crippen LogP contribution in [0.5, 0.6) is 0 Å². The molecule has 2 saturated carbocycles. The summed E-state index contributed by atoms with van der Waals surface area (Å²) in [5, 5.41) is 3.09. The van der Waals surface area contributed by atoms with Gasteiger partial charge < -0.3 is 15.8 Å². The number of ether oxygens (including phenoxy) is 1. The van der Waals surface area contributed by atoms with Crippen molar-refractivity contribution in [3.63, 3.8) is 0 Å². The number of halogens is 1.